The second kappa shape index (κ2) is 9.37. The molecule has 0 radical (unpaired) electrons. The van der Waals surface area contributed by atoms with Gasteiger partial charge < -0.3 is 10.1 Å². The number of anilines is 1. The van der Waals surface area contributed by atoms with Gasteiger partial charge in [-0.3, -0.25) is 14.2 Å². The number of thioether (sulfide) groups is 1. The lowest BCUT2D eigenvalue weighted by atomic mass is 9.97. The molecule has 6 nitrogen and oxygen atoms in total. The van der Waals surface area contributed by atoms with Crippen LogP contribution in [0.4, 0.5) is 5.69 Å². The molecule has 1 amide bonds. The van der Waals surface area contributed by atoms with Crippen LogP contribution in [0.1, 0.15) is 41.7 Å². The molecule has 8 heteroatoms. The Labute approximate surface area is 195 Å². The molecule has 2 aromatic heterocycles. The maximum absolute atomic E-state index is 13.6. The first-order chi connectivity index (χ1) is 15.6. The zero-order valence-electron chi connectivity index (χ0n) is 18.2. The van der Waals surface area contributed by atoms with Gasteiger partial charge in [0.1, 0.15) is 4.83 Å². The Bertz CT molecular complexity index is 1190. The molecule has 2 aliphatic rings. The maximum atomic E-state index is 13.6. The van der Waals surface area contributed by atoms with Gasteiger partial charge in [0, 0.05) is 17.2 Å². The molecule has 3 heterocycles. The van der Waals surface area contributed by atoms with Gasteiger partial charge in [0.2, 0.25) is 5.91 Å². The number of ether oxygens (including phenoxy) is 1. The van der Waals surface area contributed by atoms with Crippen LogP contribution < -0.4 is 10.9 Å². The van der Waals surface area contributed by atoms with E-state index in [1.165, 1.54) is 28.6 Å². The average Bonchev–Trinajstić information content (AvgIpc) is 3.43. The van der Waals surface area contributed by atoms with E-state index < -0.39 is 0 Å². The van der Waals surface area contributed by atoms with E-state index in [-0.39, 0.29) is 23.3 Å². The quantitative estimate of drug-likeness (QED) is 0.423. The van der Waals surface area contributed by atoms with Crippen molar-refractivity contribution in [1.29, 1.82) is 0 Å². The molecular formula is C24H27N3O3S2. The fourth-order valence-corrected chi connectivity index (χ4v) is 6.56. The molecule has 32 heavy (non-hydrogen) atoms. The van der Waals surface area contributed by atoms with Crippen LogP contribution in [0.15, 0.2) is 34.2 Å². The Kier molecular flexibility index (Phi) is 6.35. The van der Waals surface area contributed by atoms with Gasteiger partial charge in [-0.15, -0.1) is 11.3 Å². The van der Waals surface area contributed by atoms with Crippen LogP contribution in [0.2, 0.25) is 0 Å². The number of aromatic nitrogens is 2. The zero-order chi connectivity index (χ0) is 22.1. The highest BCUT2D eigenvalue weighted by Crippen LogP contribution is 2.35. The first-order valence-corrected chi connectivity index (χ1v) is 13.0. The number of hydrogen-bond acceptors (Lipinski definition) is 6. The summed E-state index contributed by atoms with van der Waals surface area (Å²) in [6, 6.07) is 7.73. The van der Waals surface area contributed by atoms with Gasteiger partial charge in [0.25, 0.3) is 5.56 Å². The molecule has 0 bridgehead atoms. The average molecular weight is 470 g/mol. The Balaban J connectivity index is 1.43. The topological polar surface area (TPSA) is 73.2 Å². The second-order valence-corrected chi connectivity index (χ2v) is 10.6. The van der Waals surface area contributed by atoms with Gasteiger partial charge in [0.05, 0.1) is 23.8 Å². The van der Waals surface area contributed by atoms with E-state index in [2.05, 4.69) is 5.32 Å². The van der Waals surface area contributed by atoms with Crippen LogP contribution in [-0.2, 0) is 28.9 Å². The first-order valence-electron chi connectivity index (χ1n) is 11.2. The van der Waals surface area contributed by atoms with E-state index in [4.69, 9.17) is 9.72 Å². The van der Waals surface area contributed by atoms with Crippen molar-refractivity contribution in [1.82, 2.24) is 9.55 Å². The van der Waals surface area contributed by atoms with Crippen molar-refractivity contribution in [2.75, 3.05) is 17.7 Å². The van der Waals surface area contributed by atoms with Crippen molar-refractivity contribution >= 4 is 44.9 Å². The second-order valence-electron chi connectivity index (χ2n) is 8.54. The van der Waals surface area contributed by atoms with E-state index in [9.17, 15) is 9.59 Å². The third kappa shape index (κ3) is 4.49. The molecule has 1 atom stereocenters. The molecule has 1 unspecified atom stereocenters. The van der Waals surface area contributed by atoms with Crippen molar-refractivity contribution in [2.24, 2.45) is 0 Å². The minimum atomic E-state index is -0.109. The third-order valence-corrected chi connectivity index (χ3v) is 8.28. The summed E-state index contributed by atoms with van der Waals surface area (Å²) in [6.07, 6.45) is 6.28. The molecule has 1 N–H and O–H groups in total. The lowest BCUT2D eigenvalue weighted by molar-refractivity contribution is -0.113. The third-order valence-electron chi connectivity index (χ3n) is 6.12. The van der Waals surface area contributed by atoms with Gasteiger partial charge in [-0.1, -0.05) is 29.5 Å². The fraction of sp³-hybridized carbons (Fsp3) is 0.458. The van der Waals surface area contributed by atoms with Gasteiger partial charge in [-0.25, -0.2) is 4.98 Å². The van der Waals surface area contributed by atoms with Crippen LogP contribution in [0.25, 0.3) is 10.2 Å². The van der Waals surface area contributed by atoms with E-state index in [0.717, 1.165) is 60.2 Å². The summed E-state index contributed by atoms with van der Waals surface area (Å²) in [5.74, 6) is 0.0879. The SMILES string of the molecule is Cc1ccc(NC(=O)CSc2nc3sc4c(c3c(=O)n2CC2CCCO2)CCCC4)cc1. The highest BCUT2D eigenvalue weighted by Gasteiger charge is 2.25. The number of hydrogen-bond donors (Lipinski definition) is 1. The normalized spacial score (nSPS) is 18.1. The number of amides is 1. The molecule has 1 fully saturated rings. The molecule has 1 aromatic carbocycles. The summed E-state index contributed by atoms with van der Waals surface area (Å²) < 4.78 is 7.57. The van der Waals surface area contributed by atoms with E-state index in [1.54, 1.807) is 15.9 Å². The summed E-state index contributed by atoms with van der Waals surface area (Å²) in [5.41, 5.74) is 3.13. The highest BCUT2D eigenvalue weighted by atomic mass is 32.2. The number of thiophene rings is 1. The van der Waals surface area contributed by atoms with Crippen LogP contribution in [0.5, 0.6) is 0 Å². The summed E-state index contributed by atoms with van der Waals surface area (Å²) in [6.45, 7) is 3.25. The van der Waals surface area contributed by atoms with Crippen molar-refractivity contribution < 1.29 is 9.53 Å². The van der Waals surface area contributed by atoms with Gasteiger partial charge in [-0.2, -0.15) is 0 Å². The maximum Gasteiger partial charge on any atom is 0.263 e. The Morgan fingerprint density at radius 1 is 1.25 bits per heavy atom. The predicted molar refractivity (Wildman–Crippen MR) is 130 cm³/mol. The lowest BCUT2D eigenvalue weighted by Gasteiger charge is -2.16. The first kappa shape index (κ1) is 21.7. The van der Waals surface area contributed by atoms with Gasteiger partial charge >= 0.3 is 0 Å². The zero-order valence-corrected chi connectivity index (χ0v) is 19.8. The largest absolute Gasteiger partial charge is 0.376 e. The van der Waals surface area contributed by atoms with Crippen molar-refractivity contribution in [2.45, 2.75) is 63.3 Å². The number of benzene rings is 1. The monoisotopic (exact) mass is 469 g/mol. The Morgan fingerprint density at radius 3 is 2.84 bits per heavy atom. The predicted octanol–water partition coefficient (Wildman–Crippen LogP) is 4.56. The molecule has 1 aliphatic heterocycles. The number of nitrogens with one attached hydrogen (secondary N) is 1. The van der Waals surface area contributed by atoms with Crippen LogP contribution >= 0.6 is 23.1 Å². The number of aryl methyl sites for hydroxylation is 3. The number of rotatable bonds is 6. The summed E-state index contributed by atoms with van der Waals surface area (Å²) in [7, 11) is 0. The summed E-state index contributed by atoms with van der Waals surface area (Å²) in [5, 5.41) is 4.32. The minimum absolute atomic E-state index is 0.0198. The molecule has 5 rings (SSSR count). The van der Waals surface area contributed by atoms with Gasteiger partial charge in [0.15, 0.2) is 5.16 Å². The molecule has 0 spiro atoms. The highest BCUT2D eigenvalue weighted by molar-refractivity contribution is 7.99. The van der Waals surface area contributed by atoms with Crippen molar-refractivity contribution in [3.05, 3.63) is 50.6 Å². The molecule has 168 valence electrons. The van der Waals surface area contributed by atoms with E-state index in [1.807, 2.05) is 31.2 Å². The number of nitrogens with zero attached hydrogens (tertiary/aromatic N) is 2. The molecule has 1 saturated heterocycles. The van der Waals surface area contributed by atoms with E-state index in [0.29, 0.717) is 11.7 Å². The number of carbonyl (C=O) groups excluding carboxylic acids is 1. The summed E-state index contributed by atoms with van der Waals surface area (Å²) in [4.78, 5) is 33.2. The minimum Gasteiger partial charge on any atom is -0.376 e. The lowest BCUT2D eigenvalue weighted by Crippen LogP contribution is -2.29. The van der Waals surface area contributed by atoms with Crippen LogP contribution in [0.3, 0.4) is 0 Å². The molecular weight excluding hydrogens is 442 g/mol. The molecule has 1 aliphatic carbocycles. The molecule has 3 aromatic rings. The van der Waals surface area contributed by atoms with Crippen molar-refractivity contribution in [3.8, 4) is 0 Å². The standard InChI is InChI=1S/C24H27N3O3S2/c1-15-8-10-16(11-9-15)25-20(28)14-31-24-26-22-21(18-6-2-3-7-19(18)32-22)23(29)27(24)13-17-5-4-12-30-17/h8-11,17H,2-7,12-14H2,1H3,(H,25,28). The van der Waals surface area contributed by atoms with Crippen LogP contribution in [0, 0.1) is 6.92 Å². The number of fused-ring (bicyclic) bond motifs is 3. The Hall–Kier alpha value is -2.16. The van der Waals surface area contributed by atoms with Gasteiger partial charge in [-0.05, 0) is 63.1 Å². The van der Waals surface area contributed by atoms with E-state index >= 15 is 0 Å². The fourth-order valence-electron chi connectivity index (χ4n) is 4.45. The summed E-state index contributed by atoms with van der Waals surface area (Å²) >= 11 is 2.97. The molecule has 0 saturated carbocycles. The van der Waals surface area contributed by atoms with Crippen molar-refractivity contribution in [3.63, 3.8) is 0 Å². The number of carbonyl (C=O) groups is 1. The van der Waals surface area contributed by atoms with Crippen LogP contribution in [-0.4, -0.2) is 33.9 Å². The Morgan fingerprint density at radius 2 is 2.06 bits per heavy atom. The smallest absolute Gasteiger partial charge is 0.263 e.